The van der Waals surface area contributed by atoms with E-state index in [1.807, 2.05) is 0 Å². The molecule has 0 atom stereocenters. The molecule has 0 aromatic heterocycles. The summed E-state index contributed by atoms with van der Waals surface area (Å²) in [6, 6.07) is 0. The molecule has 0 aliphatic rings. The van der Waals surface area contributed by atoms with Crippen molar-refractivity contribution in [3.05, 3.63) is 12.2 Å². The number of ether oxygens (including phenoxy) is 1. The highest BCUT2D eigenvalue weighted by molar-refractivity contribution is 5.86. The standard InChI is InChI=1S/C6H11NO2.ClH/c1-5(2)6(8)9-4-3-7;/h1,3-4,7H2,2H3;1H/p-1. The third-order valence-corrected chi connectivity index (χ3v) is 0.699. The van der Waals surface area contributed by atoms with Crippen molar-refractivity contribution in [3.8, 4) is 0 Å². The fourth-order valence-corrected chi connectivity index (χ4v) is 0.275. The average Bonchev–Trinajstić information content (AvgIpc) is 1.82. The van der Waals surface area contributed by atoms with Gasteiger partial charge in [-0.2, -0.15) is 0 Å². The number of rotatable bonds is 3. The summed E-state index contributed by atoms with van der Waals surface area (Å²) in [6.45, 7) is 5.62. The van der Waals surface area contributed by atoms with Crippen LogP contribution in [0.4, 0.5) is 0 Å². The second-order valence-corrected chi connectivity index (χ2v) is 1.70. The van der Waals surface area contributed by atoms with Crippen LogP contribution in [0.1, 0.15) is 6.92 Å². The highest BCUT2D eigenvalue weighted by atomic mass is 35.5. The van der Waals surface area contributed by atoms with Crippen LogP contribution >= 0.6 is 0 Å². The second-order valence-electron chi connectivity index (χ2n) is 1.70. The number of halogens is 1. The quantitative estimate of drug-likeness (QED) is 0.359. The van der Waals surface area contributed by atoms with Gasteiger partial charge < -0.3 is 22.9 Å². The van der Waals surface area contributed by atoms with Gasteiger partial charge in [0.1, 0.15) is 6.61 Å². The van der Waals surface area contributed by atoms with Gasteiger partial charge in [-0.25, -0.2) is 4.79 Å². The van der Waals surface area contributed by atoms with Crippen molar-refractivity contribution in [1.82, 2.24) is 0 Å². The number of hydrogen-bond donors (Lipinski definition) is 1. The first-order chi connectivity index (χ1) is 4.18. The van der Waals surface area contributed by atoms with Crippen LogP contribution in [0.25, 0.3) is 0 Å². The minimum atomic E-state index is -0.375. The van der Waals surface area contributed by atoms with Crippen LogP contribution < -0.4 is 18.1 Å². The second kappa shape index (κ2) is 6.58. The minimum Gasteiger partial charge on any atom is -1.00 e. The fourth-order valence-electron chi connectivity index (χ4n) is 0.275. The molecule has 0 unspecified atom stereocenters. The van der Waals surface area contributed by atoms with Gasteiger partial charge in [0.05, 0.1) is 0 Å². The summed E-state index contributed by atoms with van der Waals surface area (Å²) < 4.78 is 4.59. The maximum atomic E-state index is 10.5. The summed E-state index contributed by atoms with van der Waals surface area (Å²) >= 11 is 0. The van der Waals surface area contributed by atoms with E-state index in [2.05, 4.69) is 11.3 Å². The Morgan fingerprint density at radius 2 is 2.20 bits per heavy atom. The normalized spacial score (nSPS) is 7.80. The molecule has 4 heteroatoms. The molecule has 0 aliphatic heterocycles. The van der Waals surface area contributed by atoms with Crippen LogP contribution in [0.5, 0.6) is 0 Å². The van der Waals surface area contributed by atoms with E-state index in [9.17, 15) is 4.79 Å². The molecule has 0 heterocycles. The molecule has 0 aromatic rings. The van der Waals surface area contributed by atoms with Gasteiger partial charge in [-0.05, 0) is 6.92 Å². The van der Waals surface area contributed by atoms with E-state index in [1.54, 1.807) is 6.92 Å². The first-order valence-electron chi connectivity index (χ1n) is 2.71. The van der Waals surface area contributed by atoms with E-state index < -0.39 is 0 Å². The highest BCUT2D eigenvalue weighted by Gasteiger charge is 1.99. The van der Waals surface area contributed by atoms with E-state index in [1.165, 1.54) is 0 Å². The summed E-state index contributed by atoms with van der Waals surface area (Å²) in [6.07, 6.45) is 0. The zero-order valence-corrected chi connectivity index (χ0v) is 6.65. The molecule has 0 spiro atoms. The van der Waals surface area contributed by atoms with Gasteiger partial charge in [-0.3, -0.25) is 0 Å². The van der Waals surface area contributed by atoms with Gasteiger partial charge in [-0.15, -0.1) is 0 Å². The van der Waals surface area contributed by atoms with Crippen molar-refractivity contribution in [2.24, 2.45) is 5.73 Å². The molecule has 10 heavy (non-hydrogen) atoms. The van der Waals surface area contributed by atoms with Crippen molar-refractivity contribution in [2.45, 2.75) is 6.92 Å². The molecule has 3 nitrogen and oxygen atoms in total. The molecule has 60 valence electrons. The zero-order valence-electron chi connectivity index (χ0n) is 5.89. The highest BCUT2D eigenvalue weighted by Crippen LogP contribution is 1.89. The molecule has 0 rings (SSSR count). The molecule has 0 amide bonds. The summed E-state index contributed by atoms with van der Waals surface area (Å²) in [4.78, 5) is 10.5. The molecule has 0 radical (unpaired) electrons. The molecule has 0 aromatic carbocycles. The Labute approximate surface area is 66.6 Å². The maximum absolute atomic E-state index is 10.5. The number of nitrogens with two attached hydrogens (primary N) is 1. The van der Waals surface area contributed by atoms with Gasteiger partial charge in [0.15, 0.2) is 0 Å². The fraction of sp³-hybridized carbons (Fsp3) is 0.500. The lowest BCUT2D eigenvalue weighted by Gasteiger charge is -1.99. The minimum absolute atomic E-state index is 0. The van der Waals surface area contributed by atoms with Gasteiger partial charge >= 0.3 is 5.97 Å². The van der Waals surface area contributed by atoms with E-state index in [0.29, 0.717) is 12.1 Å². The predicted molar refractivity (Wildman–Crippen MR) is 34.8 cm³/mol. The van der Waals surface area contributed by atoms with Crippen LogP contribution in [0.3, 0.4) is 0 Å². The Morgan fingerprint density at radius 1 is 1.70 bits per heavy atom. The van der Waals surface area contributed by atoms with Crippen LogP contribution in [0.15, 0.2) is 12.2 Å². The Balaban J connectivity index is 0. The Hall–Kier alpha value is -0.540. The Kier molecular flexibility index (Phi) is 8.00. The van der Waals surface area contributed by atoms with Crippen molar-refractivity contribution in [3.63, 3.8) is 0 Å². The van der Waals surface area contributed by atoms with Crippen LogP contribution in [0, 0.1) is 0 Å². The Morgan fingerprint density at radius 3 is 2.50 bits per heavy atom. The first kappa shape index (κ1) is 12.2. The van der Waals surface area contributed by atoms with Crippen LogP contribution in [-0.2, 0) is 9.53 Å². The maximum Gasteiger partial charge on any atom is 0.333 e. The Bertz CT molecular complexity index is 125. The number of esters is 1. The summed E-state index contributed by atoms with van der Waals surface area (Å²) in [7, 11) is 0. The molecule has 2 N–H and O–H groups in total. The predicted octanol–water partition coefficient (Wildman–Crippen LogP) is -2.93. The molecular formula is C6H11ClNO2-. The molecule has 0 aliphatic carbocycles. The van der Waals surface area contributed by atoms with Crippen molar-refractivity contribution in [2.75, 3.05) is 13.2 Å². The van der Waals surface area contributed by atoms with Gasteiger partial charge in [-0.1, -0.05) is 6.58 Å². The number of carbonyl (C=O) groups is 1. The summed E-state index contributed by atoms with van der Waals surface area (Å²) in [5.74, 6) is -0.375. The van der Waals surface area contributed by atoms with E-state index in [4.69, 9.17) is 5.73 Å². The molecular weight excluding hydrogens is 154 g/mol. The largest absolute Gasteiger partial charge is 1.00 e. The van der Waals surface area contributed by atoms with E-state index in [-0.39, 0.29) is 25.0 Å². The first-order valence-corrected chi connectivity index (χ1v) is 2.71. The van der Waals surface area contributed by atoms with Crippen molar-refractivity contribution >= 4 is 5.97 Å². The smallest absolute Gasteiger partial charge is 0.333 e. The third kappa shape index (κ3) is 5.59. The summed E-state index contributed by atoms with van der Waals surface area (Å²) in [5.41, 5.74) is 5.48. The van der Waals surface area contributed by atoms with Crippen molar-refractivity contribution in [1.29, 1.82) is 0 Å². The number of hydrogen-bond acceptors (Lipinski definition) is 3. The monoisotopic (exact) mass is 164 g/mol. The zero-order chi connectivity index (χ0) is 7.28. The van der Waals surface area contributed by atoms with Crippen LogP contribution in [0.2, 0.25) is 0 Å². The van der Waals surface area contributed by atoms with Crippen LogP contribution in [-0.4, -0.2) is 19.1 Å². The lowest BCUT2D eigenvalue weighted by atomic mass is 10.4. The SMILES string of the molecule is C=C(C)C(=O)OCCN.[Cl-]. The third-order valence-electron chi connectivity index (χ3n) is 0.699. The lowest BCUT2D eigenvalue weighted by molar-refractivity contribution is -0.138. The molecule has 0 fully saturated rings. The van der Waals surface area contributed by atoms with Gasteiger partial charge in [0.25, 0.3) is 0 Å². The van der Waals surface area contributed by atoms with E-state index >= 15 is 0 Å². The van der Waals surface area contributed by atoms with Gasteiger partial charge in [0, 0.05) is 12.1 Å². The summed E-state index contributed by atoms with van der Waals surface area (Å²) in [5, 5.41) is 0. The van der Waals surface area contributed by atoms with E-state index in [0.717, 1.165) is 0 Å². The average molecular weight is 165 g/mol. The number of carbonyl (C=O) groups excluding carboxylic acids is 1. The topological polar surface area (TPSA) is 52.3 Å². The lowest BCUT2D eigenvalue weighted by Crippen LogP contribution is -3.00. The molecule has 0 saturated heterocycles. The molecule has 0 saturated carbocycles. The van der Waals surface area contributed by atoms with Gasteiger partial charge in [0.2, 0.25) is 0 Å². The van der Waals surface area contributed by atoms with Crippen molar-refractivity contribution < 1.29 is 21.9 Å². The molecule has 0 bridgehead atoms.